The summed E-state index contributed by atoms with van der Waals surface area (Å²) in [6.45, 7) is 3.77. The van der Waals surface area contributed by atoms with E-state index in [1.807, 2.05) is 6.08 Å². The summed E-state index contributed by atoms with van der Waals surface area (Å²) in [4.78, 5) is 0. The zero-order valence-electron chi connectivity index (χ0n) is 6.08. The third kappa shape index (κ3) is 1.18. The Hall–Kier alpha value is -0.781. The van der Waals surface area contributed by atoms with Crippen molar-refractivity contribution in [3.05, 3.63) is 41.3 Å². The molecule has 11 heavy (non-hydrogen) atoms. The summed E-state index contributed by atoms with van der Waals surface area (Å²) in [5.41, 5.74) is 0. The van der Waals surface area contributed by atoms with Gasteiger partial charge in [-0.1, -0.05) is 0 Å². The van der Waals surface area contributed by atoms with Gasteiger partial charge in [0.25, 0.3) is 0 Å². The molecule has 0 N–H and O–H groups in total. The molecule has 0 saturated carbocycles. The third-order valence-corrected chi connectivity index (χ3v) is 3.98. The number of fused-ring (bicyclic) bond motifs is 1. The van der Waals surface area contributed by atoms with Crippen LogP contribution in [0, 0.1) is 0 Å². The van der Waals surface area contributed by atoms with E-state index in [1.165, 1.54) is 14.1 Å². The van der Waals surface area contributed by atoms with E-state index in [4.69, 9.17) is 0 Å². The van der Waals surface area contributed by atoms with Gasteiger partial charge in [-0.15, -0.1) is 0 Å². The van der Waals surface area contributed by atoms with Crippen LogP contribution in [0.15, 0.2) is 36.9 Å². The Morgan fingerprint density at radius 3 is 2.82 bits per heavy atom. The van der Waals surface area contributed by atoms with Crippen molar-refractivity contribution in [3.8, 4) is 0 Å². The third-order valence-electron chi connectivity index (χ3n) is 1.65. The van der Waals surface area contributed by atoms with Gasteiger partial charge in [0.15, 0.2) is 0 Å². The molecule has 54 valence electrons. The minimum absolute atomic E-state index is 0.512. The Morgan fingerprint density at radius 1 is 1.27 bits per heavy atom. The van der Waals surface area contributed by atoms with E-state index in [2.05, 4.69) is 36.9 Å². The first-order chi connectivity index (χ1) is 5.40. The van der Waals surface area contributed by atoms with Gasteiger partial charge >= 0.3 is 71.6 Å². The van der Waals surface area contributed by atoms with Crippen molar-refractivity contribution in [1.82, 2.24) is 0 Å². The van der Waals surface area contributed by atoms with Gasteiger partial charge in [0, 0.05) is 0 Å². The molecular weight excluding hydrogens is 199 g/mol. The van der Waals surface area contributed by atoms with Gasteiger partial charge in [0.1, 0.15) is 0 Å². The van der Waals surface area contributed by atoms with E-state index < -0.39 is 0 Å². The van der Waals surface area contributed by atoms with Gasteiger partial charge in [0.2, 0.25) is 0 Å². The molecule has 0 saturated heterocycles. The van der Waals surface area contributed by atoms with Crippen molar-refractivity contribution >= 4 is 30.2 Å². The first-order valence-corrected chi connectivity index (χ1v) is 5.22. The van der Waals surface area contributed by atoms with Crippen LogP contribution in [0.25, 0.3) is 15.7 Å². The fraction of sp³-hybridized carbons (Fsp3) is 0. The summed E-state index contributed by atoms with van der Waals surface area (Å²) in [6.07, 6.45) is 1.96. The predicted molar refractivity (Wildman–Crippen MR) is 51.0 cm³/mol. The van der Waals surface area contributed by atoms with Crippen LogP contribution in [0.2, 0.25) is 0 Å². The average Bonchev–Trinajstić information content (AvgIpc) is 2.46. The van der Waals surface area contributed by atoms with Crippen LogP contribution >= 0.6 is 0 Å². The number of hydrogen-bond donors (Lipinski definition) is 0. The molecule has 0 nitrogen and oxygen atoms in total. The molecular formula is C10H8Se. The second kappa shape index (κ2) is 2.69. The summed E-state index contributed by atoms with van der Waals surface area (Å²) in [5, 5.41) is 1.38. The van der Waals surface area contributed by atoms with E-state index in [9.17, 15) is 0 Å². The van der Waals surface area contributed by atoms with Crippen LogP contribution in [-0.4, -0.2) is 14.5 Å². The molecule has 0 aliphatic rings. The molecule has 0 aliphatic carbocycles. The molecule has 2 rings (SSSR count). The van der Waals surface area contributed by atoms with Crippen molar-refractivity contribution in [1.29, 1.82) is 0 Å². The first kappa shape index (κ1) is 6.90. The van der Waals surface area contributed by atoms with Crippen molar-refractivity contribution < 1.29 is 0 Å². The summed E-state index contributed by atoms with van der Waals surface area (Å²) in [7, 11) is 0. The zero-order chi connectivity index (χ0) is 7.68. The SMILES string of the molecule is C=Cc1cc2ccccc2[se]1. The number of hydrogen-bond acceptors (Lipinski definition) is 0. The van der Waals surface area contributed by atoms with Gasteiger partial charge in [0.05, 0.1) is 0 Å². The quantitative estimate of drug-likeness (QED) is 0.630. The molecule has 0 unspecified atom stereocenters. The first-order valence-electron chi connectivity index (χ1n) is 3.51. The Bertz CT molecular complexity index is 351. The number of rotatable bonds is 1. The molecule has 0 atom stereocenters. The summed E-state index contributed by atoms with van der Waals surface area (Å²) < 4.78 is 2.87. The van der Waals surface area contributed by atoms with Crippen molar-refractivity contribution in [2.24, 2.45) is 0 Å². The molecule has 0 bridgehead atoms. The van der Waals surface area contributed by atoms with E-state index in [1.54, 1.807) is 0 Å². The van der Waals surface area contributed by atoms with E-state index in [0.29, 0.717) is 14.5 Å². The van der Waals surface area contributed by atoms with Crippen LogP contribution in [0.5, 0.6) is 0 Å². The van der Waals surface area contributed by atoms with Crippen molar-refractivity contribution in [3.63, 3.8) is 0 Å². The monoisotopic (exact) mass is 208 g/mol. The van der Waals surface area contributed by atoms with E-state index in [-0.39, 0.29) is 0 Å². The standard InChI is InChI=1S/C10H8Se/c1-2-9-7-8-5-3-4-6-10(8)11-9/h2-7H,1H2. The molecule has 1 aromatic heterocycles. The number of benzene rings is 1. The Labute approximate surface area is 71.9 Å². The van der Waals surface area contributed by atoms with Gasteiger partial charge in [-0.3, -0.25) is 0 Å². The Morgan fingerprint density at radius 2 is 2.09 bits per heavy atom. The summed E-state index contributed by atoms with van der Waals surface area (Å²) >= 11 is 0.512. The second-order valence-corrected chi connectivity index (χ2v) is 4.73. The van der Waals surface area contributed by atoms with Crippen LogP contribution in [0.3, 0.4) is 0 Å². The molecule has 1 heteroatoms. The van der Waals surface area contributed by atoms with Crippen molar-refractivity contribution in [2.75, 3.05) is 0 Å². The fourth-order valence-corrected chi connectivity index (χ4v) is 3.02. The van der Waals surface area contributed by atoms with Crippen LogP contribution in [0.4, 0.5) is 0 Å². The Kier molecular flexibility index (Phi) is 1.69. The van der Waals surface area contributed by atoms with Gasteiger partial charge in [-0.05, 0) is 0 Å². The molecule has 0 radical (unpaired) electrons. The molecule has 0 fully saturated rings. The maximum absolute atomic E-state index is 3.77. The molecule has 0 spiro atoms. The van der Waals surface area contributed by atoms with Crippen LogP contribution in [0.1, 0.15) is 4.44 Å². The second-order valence-electron chi connectivity index (χ2n) is 2.39. The zero-order valence-corrected chi connectivity index (χ0v) is 7.79. The van der Waals surface area contributed by atoms with Gasteiger partial charge in [-0.25, -0.2) is 0 Å². The fourth-order valence-electron chi connectivity index (χ4n) is 1.10. The van der Waals surface area contributed by atoms with Gasteiger partial charge in [-0.2, -0.15) is 0 Å². The topological polar surface area (TPSA) is 0 Å². The minimum atomic E-state index is 0.512. The Balaban J connectivity index is 2.78. The molecule has 1 aromatic carbocycles. The van der Waals surface area contributed by atoms with Crippen LogP contribution < -0.4 is 0 Å². The van der Waals surface area contributed by atoms with Crippen LogP contribution in [-0.2, 0) is 0 Å². The van der Waals surface area contributed by atoms with Crippen molar-refractivity contribution in [2.45, 2.75) is 0 Å². The molecule has 1 heterocycles. The normalized spacial score (nSPS) is 10.2. The van der Waals surface area contributed by atoms with E-state index in [0.717, 1.165) is 0 Å². The average molecular weight is 207 g/mol. The van der Waals surface area contributed by atoms with E-state index >= 15 is 0 Å². The maximum atomic E-state index is 3.77. The van der Waals surface area contributed by atoms with Gasteiger partial charge < -0.3 is 0 Å². The molecule has 0 amide bonds. The molecule has 0 aliphatic heterocycles. The molecule has 2 aromatic rings. The summed E-state index contributed by atoms with van der Waals surface area (Å²) in [5.74, 6) is 0. The summed E-state index contributed by atoms with van der Waals surface area (Å²) in [6, 6.07) is 10.8. The predicted octanol–water partition coefficient (Wildman–Crippen LogP) is 2.54.